The summed E-state index contributed by atoms with van der Waals surface area (Å²) in [4.78, 5) is 11.0. The van der Waals surface area contributed by atoms with Gasteiger partial charge in [0, 0.05) is 12.1 Å². The molecule has 34 heavy (non-hydrogen) atoms. The van der Waals surface area contributed by atoms with E-state index in [0.29, 0.717) is 18.5 Å². The zero-order valence-electron chi connectivity index (χ0n) is 18.8. The lowest BCUT2D eigenvalue weighted by Crippen LogP contribution is -2.12. The van der Waals surface area contributed by atoms with Gasteiger partial charge in [0.15, 0.2) is 0 Å². The first-order valence-electron chi connectivity index (χ1n) is 11.2. The molecular formula is C27H29NO5S. The van der Waals surface area contributed by atoms with E-state index in [2.05, 4.69) is 4.72 Å². The highest BCUT2D eigenvalue weighted by Gasteiger charge is 2.13. The van der Waals surface area contributed by atoms with Crippen LogP contribution in [0.2, 0.25) is 0 Å². The van der Waals surface area contributed by atoms with Crippen molar-refractivity contribution in [3.8, 4) is 0 Å². The smallest absolute Gasteiger partial charge is 0.303 e. The van der Waals surface area contributed by atoms with Crippen molar-refractivity contribution in [2.45, 2.75) is 43.1 Å². The molecule has 1 atom stereocenters. The summed E-state index contributed by atoms with van der Waals surface area (Å²) >= 11 is 0. The predicted octanol–water partition coefficient (Wildman–Crippen LogP) is 4.90. The summed E-state index contributed by atoms with van der Waals surface area (Å²) in [5.41, 5.74) is 3.35. The van der Waals surface area contributed by atoms with Gasteiger partial charge in [0.2, 0.25) is 0 Å². The Morgan fingerprint density at radius 1 is 0.912 bits per heavy atom. The largest absolute Gasteiger partial charge is 0.481 e. The van der Waals surface area contributed by atoms with Crippen LogP contribution in [-0.2, 0) is 27.7 Å². The maximum atomic E-state index is 12.5. The molecular weight excluding hydrogens is 450 g/mol. The molecule has 3 rings (SSSR count). The van der Waals surface area contributed by atoms with Gasteiger partial charge in [-0.15, -0.1) is 0 Å². The number of hydrogen-bond donors (Lipinski definition) is 3. The average Bonchev–Trinajstić information content (AvgIpc) is 2.82. The highest BCUT2D eigenvalue weighted by Crippen LogP contribution is 2.19. The third-order valence-corrected chi connectivity index (χ3v) is 6.77. The van der Waals surface area contributed by atoms with E-state index in [1.54, 1.807) is 48.6 Å². The van der Waals surface area contributed by atoms with Crippen molar-refractivity contribution in [1.29, 1.82) is 0 Å². The second-order valence-corrected chi connectivity index (χ2v) is 9.71. The number of aliphatic hydroxyl groups excluding tert-OH is 1. The Morgan fingerprint density at radius 2 is 1.59 bits per heavy atom. The van der Waals surface area contributed by atoms with E-state index in [9.17, 15) is 18.3 Å². The number of aryl methyl sites for hydroxylation is 2. The van der Waals surface area contributed by atoms with E-state index in [1.165, 1.54) is 12.1 Å². The Labute approximate surface area is 200 Å². The van der Waals surface area contributed by atoms with Crippen molar-refractivity contribution in [3.05, 3.63) is 102 Å². The molecule has 3 N–H and O–H groups in total. The molecule has 0 heterocycles. The number of carboxylic acids is 1. The van der Waals surface area contributed by atoms with Crippen LogP contribution in [0.4, 0.5) is 5.69 Å². The van der Waals surface area contributed by atoms with Gasteiger partial charge in [-0.3, -0.25) is 9.52 Å². The Morgan fingerprint density at radius 3 is 2.29 bits per heavy atom. The van der Waals surface area contributed by atoms with Gasteiger partial charge in [0.05, 0.1) is 11.0 Å². The van der Waals surface area contributed by atoms with Crippen LogP contribution >= 0.6 is 0 Å². The molecule has 0 radical (unpaired) electrons. The van der Waals surface area contributed by atoms with Gasteiger partial charge in [-0.2, -0.15) is 0 Å². The van der Waals surface area contributed by atoms with Crippen molar-refractivity contribution >= 4 is 27.8 Å². The first-order chi connectivity index (χ1) is 16.3. The number of carboxylic acid groups (broad SMARTS) is 1. The molecule has 0 aliphatic carbocycles. The summed E-state index contributed by atoms with van der Waals surface area (Å²) in [6.07, 6.45) is 5.50. The highest BCUT2D eigenvalue weighted by atomic mass is 32.2. The fourth-order valence-corrected chi connectivity index (χ4v) is 4.70. The lowest BCUT2D eigenvalue weighted by Gasteiger charge is -2.10. The van der Waals surface area contributed by atoms with Crippen molar-refractivity contribution in [1.82, 2.24) is 0 Å². The Bertz CT molecular complexity index is 1220. The topological polar surface area (TPSA) is 104 Å². The minimum Gasteiger partial charge on any atom is -0.481 e. The van der Waals surface area contributed by atoms with Gasteiger partial charge in [0.25, 0.3) is 10.0 Å². The standard InChI is InChI=1S/C27H29NO5S/c29-25(13-7-11-22-9-4-5-10-23(22)17-19-27(30)31)18-16-21-8-6-12-24(20-21)28-34(32,33)26-14-2-1-3-15-26/h1-6,8-10,12,14-16,18,20,25,28-29H,7,11,13,17,19H2,(H,30,31)/b18-16+/t25-/m0/s1. The number of anilines is 1. The molecule has 0 saturated heterocycles. The minimum absolute atomic E-state index is 0.100. The zero-order chi connectivity index (χ0) is 24.4. The number of rotatable bonds is 12. The van der Waals surface area contributed by atoms with Crippen LogP contribution < -0.4 is 4.72 Å². The molecule has 178 valence electrons. The van der Waals surface area contributed by atoms with Crippen LogP contribution in [0.3, 0.4) is 0 Å². The van der Waals surface area contributed by atoms with Crippen LogP contribution in [0.15, 0.2) is 89.8 Å². The van der Waals surface area contributed by atoms with Crippen LogP contribution in [0.5, 0.6) is 0 Å². The van der Waals surface area contributed by atoms with Crippen molar-refractivity contribution in [2.75, 3.05) is 4.72 Å². The Balaban J connectivity index is 1.54. The van der Waals surface area contributed by atoms with Crippen molar-refractivity contribution in [2.24, 2.45) is 0 Å². The number of benzene rings is 3. The van der Waals surface area contributed by atoms with E-state index in [4.69, 9.17) is 5.11 Å². The molecule has 0 aliphatic heterocycles. The molecule has 0 aromatic heterocycles. The lowest BCUT2D eigenvalue weighted by atomic mass is 9.97. The highest BCUT2D eigenvalue weighted by molar-refractivity contribution is 7.92. The summed E-state index contributed by atoms with van der Waals surface area (Å²) in [6, 6.07) is 22.9. The first-order valence-corrected chi connectivity index (χ1v) is 12.6. The fourth-order valence-electron chi connectivity index (χ4n) is 3.63. The van der Waals surface area contributed by atoms with Crippen LogP contribution in [0.25, 0.3) is 6.08 Å². The Hall–Kier alpha value is -3.42. The third kappa shape index (κ3) is 7.86. The molecule has 0 saturated carbocycles. The molecule has 3 aromatic carbocycles. The third-order valence-electron chi connectivity index (χ3n) is 5.38. The lowest BCUT2D eigenvalue weighted by molar-refractivity contribution is -0.136. The van der Waals surface area contributed by atoms with Crippen molar-refractivity contribution in [3.63, 3.8) is 0 Å². The van der Waals surface area contributed by atoms with Gasteiger partial charge in [0.1, 0.15) is 0 Å². The number of hydrogen-bond acceptors (Lipinski definition) is 4. The summed E-state index contributed by atoms with van der Waals surface area (Å²) in [6.45, 7) is 0. The average molecular weight is 480 g/mol. The molecule has 0 fully saturated rings. The molecule has 0 amide bonds. The number of aliphatic carboxylic acids is 1. The maximum absolute atomic E-state index is 12.5. The van der Waals surface area contributed by atoms with E-state index >= 15 is 0 Å². The van der Waals surface area contributed by atoms with E-state index in [0.717, 1.165) is 29.5 Å². The molecule has 0 aliphatic rings. The molecule has 3 aromatic rings. The van der Waals surface area contributed by atoms with Gasteiger partial charge in [-0.25, -0.2) is 8.42 Å². The molecule has 0 unspecified atom stereocenters. The second kappa shape index (κ2) is 12.2. The summed E-state index contributed by atoms with van der Waals surface area (Å²) in [5.74, 6) is -0.813. The SMILES string of the molecule is O=C(O)CCc1ccccc1CCC[C@H](O)/C=C/c1cccc(NS(=O)(=O)c2ccccc2)c1. The summed E-state index contributed by atoms with van der Waals surface area (Å²) < 4.78 is 27.6. The molecule has 0 bridgehead atoms. The first kappa shape index (κ1) is 25.2. The van der Waals surface area contributed by atoms with Crippen LogP contribution in [0, 0.1) is 0 Å². The predicted molar refractivity (Wildman–Crippen MR) is 134 cm³/mol. The summed E-state index contributed by atoms with van der Waals surface area (Å²) in [7, 11) is -3.67. The van der Waals surface area contributed by atoms with Crippen LogP contribution in [-0.4, -0.2) is 30.7 Å². The number of sulfonamides is 1. The number of carbonyl (C=O) groups is 1. The fraction of sp³-hybridized carbons (Fsp3) is 0.222. The zero-order valence-corrected chi connectivity index (χ0v) is 19.6. The molecule has 7 heteroatoms. The van der Waals surface area contributed by atoms with Gasteiger partial charge >= 0.3 is 5.97 Å². The normalized spacial score (nSPS) is 12.5. The minimum atomic E-state index is -3.67. The van der Waals surface area contributed by atoms with Crippen LogP contribution in [0.1, 0.15) is 36.0 Å². The second-order valence-electron chi connectivity index (χ2n) is 8.03. The van der Waals surface area contributed by atoms with E-state index in [1.807, 2.05) is 30.3 Å². The van der Waals surface area contributed by atoms with E-state index < -0.39 is 22.1 Å². The quantitative estimate of drug-likeness (QED) is 0.343. The maximum Gasteiger partial charge on any atom is 0.303 e. The summed E-state index contributed by atoms with van der Waals surface area (Å²) in [5, 5.41) is 19.3. The number of aliphatic hydroxyl groups is 1. The monoisotopic (exact) mass is 479 g/mol. The van der Waals surface area contributed by atoms with Gasteiger partial charge in [-0.05, 0) is 66.6 Å². The Kier molecular flexibility index (Phi) is 9.01. The van der Waals surface area contributed by atoms with E-state index in [-0.39, 0.29) is 11.3 Å². The van der Waals surface area contributed by atoms with Gasteiger partial charge < -0.3 is 10.2 Å². The number of nitrogens with one attached hydrogen (secondary N) is 1. The van der Waals surface area contributed by atoms with Crippen molar-refractivity contribution < 1.29 is 23.4 Å². The molecule has 0 spiro atoms. The van der Waals surface area contributed by atoms with Gasteiger partial charge in [-0.1, -0.05) is 66.7 Å². The molecule has 6 nitrogen and oxygen atoms in total.